The van der Waals surface area contributed by atoms with Crippen LogP contribution in [-0.2, 0) is 11.2 Å². The fraction of sp³-hybridized carbons (Fsp3) is 0.353. The first-order valence-electron chi connectivity index (χ1n) is 7.45. The van der Waals surface area contributed by atoms with Crippen LogP contribution in [0, 0.1) is 0 Å². The summed E-state index contributed by atoms with van der Waals surface area (Å²) in [5.41, 5.74) is 3.58. The quantitative estimate of drug-likeness (QED) is 0.875. The third-order valence-corrected chi connectivity index (χ3v) is 5.69. The van der Waals surface area contributed by atoms with E-state index in [2.05, 4.69) is 40.7 Å². The third kappa shape index (κ3) is 1.97. The summed E-state index contributed by atoms with van der Waals surface area (Å²) in [6, 6.07) is 10.5. The molecule has 3 nitrogen and oxygen atoms in total. The van der Waals surface area contributed by atoms with Crippen molar-refractivity contribution < 1.29 is 4.79 Å². The van der Waals surface area contributed by atoms with Gasteiger partial charge in [-0.1, -0.05) is 18.2 Å². The minimum absolute atomic E-state index is 0.0381. The van der Waals surface area contributed by atoms with Crippen molar-refractivity contribution in [3.05, 3.63) is 51.7 Å². The van der Waals surface area contributed by atoms with Gasteiger partial charge in [0, 0.05) is 23.7 Å². The molecule has 1 N–H and O–H groups in total. The monoisotopic (exact) mass is 298 g/mol. The van der Waals surface area contributed by atoms with E-state index in [4.69, 9.17) is 0 Å². The van der Waals surface area contributed by atoms with Crippen molar-refractivity contribution in [3.8, 4) is 0 Å². The third-order valence-electron chi connectivity index (χ3n) is 4.69. The van der Waals surface area contributed by atoms with Crippen molar-refractivity contribution in [2.24, 2.45) is 0 Å². The predicted octanol–water partition coefficient (Wildman–Crippen LogP) is 3.40. The fourth-order valence-corrected chi connectivity index (χ4v) is 4.48. The van der Waals surface area contributed by atoms with Gasteiger partial charge in [-0.15, -0.1) is 11.3 Å². The van der Waals surface area contributed by atoms with Crippen molar-refractivity contribution in [3.63, 3.8) is 0 Å². The number of thiophene rings is 1. The van der Waals surface area contributed by atoms with Crippen LogP contribution in [0.2, 0.25) is 0 Å². The maximum atomic E-state index is 13.0. The number of benzene rings is 1. The fourth-order valence-electron chi connectivity index (χ4n) is 3.51. The van der Waals surface area contributed by atoms with Gasteiger partial charge in [0.1, 0.15) is 0 Å². The largest absolute Gasteiger partial charge is 0.384 e. The molecule has 0 saturated carbocycles. The molecular formula is C17H18N2OS. The van der Waals surface area contributed by atoms with Crippen molar-refractivity contribution in [2.45, 2.75) is 25.3 Å². The molecule has 108 valence electrons. The molecule has 2 aliphatic rings. The molecular weight excluding hydrogens is 280 g/mol. The number of nitrogens with one attached hydrogen (secondary N) is 1. The molecule has 2 unspecified atom stereocenters. The SMILES string of the molecule is CC1c2ccsc2CCN1C(=O)C1CNc2ccccc21. The van der Waals surface area contributed by atoms with Gasteiger partial charge in [-0.05, 0) is 42.0 Å². The predicted molar refractivity (Wildman–Crippen MR) is 85.8 cm³/mol. The summed E-state index contributed by atoms with van der Waals surface area (Å²) in [4.78, 5) is 16.5. The topological polar surface area (TPSA) is 32.3 Å². The minimum Gasteiger partial charge on any atom is -0.384 e. The zero-order chi connectivity index (χ0) is 14.4. The molecule has 0 spiro atoms. The molecule has 21 heavy (non-hydrogen) atoms. The van der Waals surface area contributed by atoms with Gasteiger partial charge in [0.05, 0.1) is 12.0 Å². The molecule has 3 heterocycles. The number of anilines is 1. The first-order valence-corrected chi connectivity index (χ1v) is 8.33. The number of amides is 1. The molecule has 4 heteroatoms. The van der Waals surface area contributed by atoms with Crippen molar-refractivity contribution in [1.29, 1.82) is 0 Å². The summed E-state index contributed by atoms with van der Waals surface area (Å²) in [6.45, 7) is 3.71. The van der Waals surface area contributed by atoms with Gasteiger partial charge in [0.25, 0.3) is 0 Å². The Hall–Kier alpha value is -1.81. The number of fused-ring (bicyclic) bond motifs is 2. The number of hydrogen-bond acceptors (Lipinski definition) is 3. The molecule has 0 bridgehead atoms. The van der Waals surface area contributed by atoms with E-state index in [1.807, 2.05) is 23.5 Å². The van der Waals surface area contributed by atoms with E-state index < -0.39 is 0 Å². The molecule has 2 aromatic rings. The van der Waals surface area contributed by atoms with E-state index >= 15 is 0 Å². The van der Waals surface area contributed by atoms with E-state index in [1.165, 1.54) is 10.4 Å². The Morgan fingerprint density at radius 1 is 1.29 bits per heavy atom. The van der Waals surface area contributed by atoms with E-state index in [1.54, 1.807) is 0 Å². The highest BCUT2D eigenvalue weighted by Crippen LogP contribution is 2.37. The van der Waals surface area contributed by atoms with Gasteiger partial charge in [0.15, 0.2) is 0 Å². The maximum Gasteiger partial charge on any atom is 0.232 e. The van der Waals surface area contributed by atoms with Gasteiger partial charge < -0.3 is 10.2 Å². The van der Waals surface area contributed by atoms with Crippen LogP contribution < -0.4 is 5.32 Å². The summed E-state index contributed by atoms with van der Waals surface area (Å²) < 4.78 is 0. The number of nitrogens with zero attached hydrogens (tertiary/aromatic N) is 1. The lowest BCUT2D eigenvalue weighted by Gasteiger charge is -2.35. The van der Waals surface area contributed by atoms with Crippen LogP contribution in [-0.4, -0.2) is 23.9 Å². The van der Waals surface area contributed by atoms with Crippen LogP contribution in [0.25, 0.3) is 0 Å². The summed E-state index contributed by atoms with van der Waals surface area (Å²) in [6.07, 6.45) is 0.991. The summed E-state index contributed by atoms with van der Waals surface area (Å²) in [7, 11) is 0. The highest BCUT2D eigenvalue weighted by atomic mass is 32.1. The van der Waals surface area contributed by atoms with Crippen molar-refractivity contribution in [1.82, 2.24) is 4.90 Å². The molecule has 4 rings (SSSR count). The summed E-state index contributed by atoms with van der Waals surface area (Å²) >= 11 is 1.81. The Morgan fingerprint density at radius 3 is 3.05 bits per heavy atom. The number of para-hydroxylation sites is 1. The molecule has 2 aliphatic heterocycles. The van der Waals surface area contributed by atoms with Crippen LogP contribution in [0.3, 0.4) is 0 Å². The van der Waals surface area contributed by atoms with E-state index in [0.29, 0.717) is 0 Å². The summed E-state index contributed by atoms with van der Waals surface area (Å²) in [5, 5.41) is 5.49. The van der Waals surface area contributed by atoms with Gasteiger partial charge in [-0.3, -0.25) is 4.79 Å². The van der Waals surface area contributed by atoms with Gasteiger partial charge >= 0.3 is 0 Å². The van der Waals surface area contributed by atoms with Gasteiger partial charge in [-0.25, -0.2) is 0 Å². The smallest absolute Gasteiger partial charge is 0.232 e. The standard InChI is InChI=1S/C17H18N2OS/c1-11-12-7-9-21-16(12)6-8-19(11)17(20)14-10-18-15-5-3-2-4-13(14)15/h2-5,7,9,11,14,18H,6,8,10H2,1H3. The Kier molecular flexibility index (Phi) is 3.00. The second kappa shape index (κ2) is 4.88. The highest BCUT2D eigenvalue weighted by Gasteiger charge is 2.36. The average Bonchev–Trinajstić information content (AvgIpc) is 3.14. The normalized spacial score (nSPS) is 23.4. The number of carbonyl (C=O) groups is 1. The van der Waals surface area contributed by atoms with Gasteiger partial charge in [-0.2, -0.15) is 0 Å². The van der Waals surface area contributed by atoms with Crippen LogP contribution in [0.15, 0.2) is 35.7 Å². The molecule has 2 atom stereocenters. The first kappa shape index (κ1) is 12.9. The molecule has 1 amide bonds. The maximum absolute atomic E-state index is 13.0. The first-order chi connectivity index (χ1) is 10.3. The summed E-state index contributed by atoms with van der Waals surface area (Å²) in [5.74, 6) is 0.223. The molecule has 0 fully saturated rings. The minimum atomic E-state index is -0.0381. The van der Waals surface area contributed by atoms with E-state index in [0.717, 1.165) is 30.8 Å². The second-order valence-corrected chi connectivity index (χ2v) is 6.78. The number of hydrogen-bond donors (Lipinski definition) is 1. The molecule has 0 saturated heterocycles. The van der Waals surface area contributed by atoms with Gasteiger partial charge in [0.2, 0.25) is 5.91 Å². The van der Waals surface area contributed by atoms with Crippen LogP contribution in [0.1, 0.15) is 34.9 Å². The molecule has 1 aromatic heterocycles. The molecule has 0 radical (unpaired) electrons. The number of carbonyl (C=O) groups excluding carboxylic acids is 1. The Morgan fingerprint density at radius 2 is 2.14 bits per heavy atom. The van der Waals surface area contributed by atoms with Crippen LogP contribution in [0.4, 0.5) is 5.69 Å². The second-order valence-electron chi connectivity index (χ2n) is 5.78. The van der Waals surface area contributed by atoms with Crippen molar-refractivity contribution >= 4 is 22.9 Å². The Balaban J connectivity index is 1.62. The Labute approximate surface area is 128 Å². The average molecular weight is 298 g/mol. The lowest BCUT2D eigenvalue weighted by atomic mass is 9.95. The lowest BCUT2D eigenvalue weighted by molar-refractivity contribution is -0.134. The van der Waals surface area contributed by atoms with E-state index in [9.17, 15) is 4.79 Å². The molecule has 0 aliphatic carbocycles. The zero-order valence-electron chi connectivity index (χ0n) is 12.0. The molecule has 1 aromatic carbocycles. The lowest BCUT2D eigenvalue weighted by Crippen LogP contribution is -2.41. The zero-order valence-corrected chi connectivity index (χ0v) is 12.8. The Bertz CT molecular complexity index is 694. The highest BCUT2D eigenvalue weighted by molar-refractivity contribution is 7.10. The van der Waals surface area contributed by atoms with E-state index in [-0.39, 0.29) is 17.9 Å². The van der Waals surface area contributed by atoms with Crippen LogP contribution in [0.5, 0.6) is 0 Å². The van der Waals surface area contributed by atoms with Crippen LogP contribution >= 0.6 is 11.3 Å². The van der Waals surface area contributed by atoms with Crippen molar-refractivity contribution in [2.75, 3.05) is 18.4 Å². The number of rotatable bonds is 1.